The van der Waals surface area contributed by atoms with Crippen molar-refractivity contribution in [3.63, 3.8) is 0 Å². The van der Waals surface area contributed by atoms with Crippen molar-refractivity contribution in [1.82, 2.24) is 4.31 Å². The Morgan fingerprint density at radius 1 is 1.24 bits per heavy atom. The number of nitrogens with zero attached hydrogens (tertiary/aromatic N) is 1. The predicted molar refractivity (Wildman–Crippen MR) is 81.6 cm³/mol. The van der Waals surface area contributed by atoms with E-state index in [9.17, 15) is 8.42 Å². The molecule has 114 valence electrons. The van der Waals surface area contributed by atoms with Gasteiger partial charge < -0.3 is 4.74 Å². The van der Waals surface area contributed by atoms with Crippen LogP contribution in [0.4, 0.5) is 0 Å². The van der Waals surface area contributed by atoms with E-state index in [1.807, 2.05) is 31.2 Å². The van der Waals surface area contributed by atoms with Crippen molar-refractivity contribution in [2.24, 2.45) is 0 Å². The maximum absolute atomic E-state index is 12.8. The fourth-order valence-corrected chi connectivity index (χ4v) is 4.13. The molecule has 1 aromatic rings. The highest BCUT2D eigenvalue weighted by atomic mass is 32.2. The van der Waals surface area contributed by atoms with E-state index in [0.717, 1.165) is 18.4 Å². The molecule has 0 radical (unpaired) electrons. The molecule has 21 heavy (non-hydrogen) atoms. The summed E-state index contributed by atoms with van der Waals surface area (Å²) in [4.78, 5) is 0.350. The molecule has 0 amide bonds. The topological polar surface area (TPSA) is 49.9 Å². The van der Waals surface area contributed by atoms with Gasteiger partial charge in [-0.25, -0.2) is 8.42 Å². The highest BCUT2D eigenvalue weighted by molar-refractivity contribution is 7.89. The zero-order chi connectivity index (χ0) is 15.1. The third kappa shape index (κ3) is 2.91. The monoisotopic (exact) mass is 307 g/mol. The standard InChI is InChI=1S/C16H21NO3S/c1-13-6-8-14(9-7-13)21(18,19)17-11-5-3-4-10-16(2)15(12-17)20-16/h3,5-9,15H,4,10-12H2,1-2H3/b5-3-. The number of ether oxygens (including phenoxy) is 1. The zero-order valence-electron chi connectivity index (χ0n) is 12.5. The van der Waals surface area contributed by atoms with Gasteiger partial charge in [0.1, 0.15) is 6.10 Å². The van der Waals surface area contributed by atoms with Gasteiger partial charge in [-0.3, -0.25) is 0 Å². The number of sulfonamides is 1. The molecule has 0 bridgehead atoms. The largest absolute Gasteiger partial charge is 0.365 e. The fraction of sp³-hybridized carbons (Fsp3) is 0.500. The Morgan fingerprint density at radius 2 is 1.95 bits per heavy atom. The van der Waals surface area contributed by atoms with Crippen LogP contribution in [0, 0.1) is 6.92 Å². The molecule has 0 saturated carbocycles. The molecule has 0 N–H and O–H groups in total. The van der Waals surface area contributed by atoms with Crippen molar-refractivity contribution in [2.45, 2.75) is 43.3 Å². The van der Waals surface area contributed by atoms with Crippen LogP contribution in [0.5, 0.6) is 0 Å². The highest BCUT2D eigenvalue weighted by Gasteiger charge is 2.53. The number of aryl methyl sites for hydroxylation is 1. The minimum Gasteiger partial charge on any atom is -0.365 e. The lowest BCUT2D eigenvalue weighted by Crippen LogP contribution is -2.35. The second-order valence-corrected chi connectivity index (χ2v) is 8.00. The molecule has 4 nitrogen and oxygen atoms in total. The number of allylic oxidation sites excluding steroid dienone is 1. The van der Waals surface area contributed by atoms with Gasteiger partial charge in [-0.15, -0.1) is 0 Å². The number of epoxide rings is 1. The predicted octanol–water partition coefficient (Wildman–Crippen LogP) is 2.49. The van der Waals surface area contributed by atoms with E-state index in [4.69, 9.17) is 4.74 Å². The molecule has 1 aromatic carbocycles. The third-order valence-corrected chi connectivity index (χ3v) is 6.19. The van der Waals surface area contributed by atoms with Crippen LogP contribution >= 0.6 is 0 Å². The van der Waals surface area contributed by atoms with Gasteiger partial charge in [0.15, 0.2) is 0 Å². The van der Waals surface area contributed by atoms with Crippen LogP contribution in [-0.2, 0) is 14.8 Å². The first-order chi connectivity index (χ1) is 9.92. The van der Waals surface area contributed by atoms with Gasteiger partial charge in [0, 0.05) is 13.1 Å². The van der Waals surface area contributed by atoms with Crippen molar-refractivity contribution in [2.75, 3.05) is 13.1 Å². The number of hydrogen-bond donors (Lipinski definition) is 0. The van der Waals surface area contributed by atoms with E-state index >= 15 is 0 Å². The SMILES string of the molecule is Cc1ccc(S(=O)(=O)N2C/C=C\CCC3(C)OC3C2)cc1. The average molecular weight is 307 g/mol. The summed E-state index contributed by atoms with van der Waals surface area (Å²) in [6.07, 6.45) is 5.89. The van der Waals surface area contributed by atoms with Gasteiger partial charge in [0.25, 0.3) is 0 Å². The van der Waals surface area contributed by atoms with Crippen molar-refractivity contribution >= 4 is 10.0 Å². The maximum Gasteiger partial charge on any atom is 0.243 e. The summed E-state index contributed by atoms with van der Waals surface area (Å²) < 4.78 is 32.8. The molecule has 2 aliphatic rings. The average Bonchev–Trinajstić information content (AvgIpc) is 3.06. The summed E-state index contributed by atoms with van der Waals surface area (Å²) >= 11 is 0. The second-order valence-electron chi connectivity index (χ2n) is 6.06. The minimum atomic E-state index is -3.47. The van der Waals surface area contributed by atoms with Crippen LogP contribution in [0.2, 0.25) is 0 Å². The van der Waals surface area contributed by atoms with Gasteiger partial charge in [0.05, 0.1) is 10.5 Å². The summed E-state index contributed by atoms with van der Waals surface area (Å²) in [6.45, 7) is 4.85. The quantitative estimate of drug-likeness (QED) is 0.623. The smallest absolute Gasteiger partial charge is 0.243 e. The Morgan fingerprint density at radius 3 is 2.67 bits per heavy atom. The van der Waals surface area contributed by atoms with Gasteiger partial charge in [-0.1, -0.05) is 29.8 Å². The molecule has 1 saturated heterocycles. The van der Waals surface area contributed by atoms with E-state index < -0.39 is 10.0 Å². The molecule has 1 fully saturated rings. The van der Waals surface area contributed by atoms with E-state index in [2.05, 4.69) is 6.92 Å². The molecule has 0 spiro atoms. The highest BCUT2D eigenvalue weighted by Crippen LogP contribution is 2.41. The second kappa shape index (κ2) is 5.23. The summed E-state index contributed by atoms with van der Waals surface area (Å²) in [6, 6.07) is 7.01. The molecule has 3 rings (SSSR count). The normalized spacial score (nSPS) is 31.6. The lowest BCUT2D eigenvalue weighted by atomic mass is 10.0. The van der Waals surface area contributed by atoms with Crippen molar-refractivity contribution in [3.05, 3.63) is 42.0 Å². The van der Waals surface area contributed by atoms with Gasteiger partial charge in [-0.05, 0) is 38.8 Å². The zero-order valence-corrected chi connectivity index (χ0v) is 13.3. The van der Waals surface area contributed by atoms with E-state index in [1.54, 1.807) is 12.1 Å². The van der Waals surface area contributed by atoms with Crippen LogP contribution < -0.4 is 0 Å². The lowest BCUT2D eigenvalue weighted by molar-refractivity contribution is 0.285. The number of fused-ring (bicyclic) bond motifs is 1. The fourth-order valence-electron chi connectivity index (χ4n) is 2.74. The summed E-state index contributed by atoms with van der Waals surface area (Å²) in [5.41, 5.74) is 0.895. The molecular weight excluding hydrogens is 286 g/mol. The Balaban J connectivity index is 1.87. The van der Waals surface area contributed by atoms with Crippen LogP contribution in [0.15, 0.2) is 41.3 Å². The third-order valence-electron chi connectivity index (χ3n) is 4.35. The van der Waals surface area contributed by atoms with Crippen molar-refractivity contribution in [1.29, 1.82) is 0 Å². The Bertz CT molecular complexity index is 651. The Kier molecular flexibility index (Phi) is 3.67. The van der Waals surface area contributed by atoms with Crippen LogP contribution in [0.3, 0.4) is 0 Å². The molecular formula is C16H21NO3S. The molecule has 2 aliphatic heterocycles. The first-order valence-corrected chi connectivity index (χ1v) is 8.75. The van der Waals surface area contributed by atoms with Crippen molar-refractivity contribution < 1.29 is 13.2 Å². The van der Waals surface area contributed by atoms with E-state index in [-0.39, 0.29) is 11.7 Å². The molecule has 0 aliphatic carbocycles. The molecule has 0 aromatic heterocycles. The van der Waals surface area contributed by atoms with E-state index in [0.29, 0.717) is 18.0 Å². The summed E-state index contributed by atoms with van der Waals surface area (Å²) in [7, 11) is -3.47. The summed E-state index contributed by atoms with van der Waals surface area (Å²) in [5, 5.41) is 0. The van der Waals surface area contributed by atoms with Gasteiger partial charge in [0.2, 0.25) is 10.0 Å². The lowest BCUT2D eigenvalue weighted by Gasteiger charge is -2.20. The van der Waals surface area contributed by atoms with Crippen LogP contribution in [0.1, 0.15) is 25.3 Å². The molecule has 2 atom stereocenters. The number of hydrogen-bond acceptors (Lipinski definition) is 3. The van der Waals surface area contributed by atoms with Crippen molar-refractivity contribution in [3.8, 4) is 0 Å². The molecule has 2 unspecified atom stereocenters. The van der Waals surface area contributed by atoms with E-state index in [1.165, 1.54) is 4.31 Å². The minimum absolute atomic E-state index is 0.0117. The van der Waals surface area contributed by atoms with Crippen LogP contribution in [0.25, 0.3) is 0 Å². The number of benzene rings is 1. The molecule has 2 heterocycles. The number of rotatable bonds is 2. The summed E-state index contributed by atoms with van der Waals surface area (Å²) in [5.74, 6) is 0. The van der Waals surface area contributed by atoms with Gasteiger partial charge >= 0.3 is 0 Å². The first kappa shape index (κ1) is 14.8. The molecule has 5 heteroatoms. The van der Waals surface area contributed by atoms with Gasteiger partial charge in [-0.2, -0.15) is 4.31 Å². The Hall–Kier alpha value is -1.17. The van der Waals surface area contributed by atoms with Crippen LogP contribution in [-0.4, -0.2) is 37.5 Å². The Labute approximate surface area is 126 Å². The first-order valence-electron chi connectivity index (χ1n) is 7.31. The maximum atomic E-state index is 12.8.